The van der Waals surface area contributed by atoms with Crippen LogP contribution in [-0.2, 0) is 0 Å². The zero-order valence-electron chi connectivity index (χ0n) is 10.8. The Morgan fingerprint density at radius 2 is 2.00 bits per heavy atom. The zero-order valence-corrected chi connectivity index (χ0v) is 12.4. The van der Waals surface area contributed by atoms with E-state index >= 15 is 0 Å². The number of para-hydroxylation sites is 1. The fraction of sp³-hybridized carbons (Fsp3) is 0.200. The van der Waals surface area contributed by atoms with E-state index < -0.39 is 0 Å². The fourth-order valence-corrected chi connectivity index (χ4v) is 2.47. The quantitative estimate of drug-likeness (QED) is 0.655. The van der Waals surface area contributed by atoms with Gasteiger partial charge in [-0.25, -0.2) is 5.43 Å². The second kappa shape index (κ2) is 6.70. The van der Waals surface area contributed by atoms with E-state index in [1.807, 2.05) is 55.5 Å². The Morgan fingerprint density at radius 1 is 1.21 bits per heavy atom. The summed E-state index contributed by atoms with van der Waals surface area (Å²) in [6.45, 7) is 2.60. The van der Waals surface area contributed by atoms with Crippen molar-refractivity contribution in [3.05, 3.63) is 64.1 Å². The topological polar surface area (TPSA) is 47.3 Å². The summed E-state index contributed by atoms with van der Waals surface area (Å²) in [5.41, 5.74) is 4.98. The van der Waals surface area contributed by atoms with Gasteiger partial charge in [0.05, 0.1) is 12.6 Å². The molecule has 0 saturated heterocycles. The average molecular weight is 321 g/mol. The van der Waals surface area contributed by atoms with Gasteiger partial charge >= 0.3 is 0 Å². The van der Waals surface area contributed by atoms with Crippen LogP contribution in [-0.4, -0.2) is 6.61 Å². The molecule has 0 spiro atoms. The van der Waals surface area contributed by atoms with Crippen molar-refractivity contribution < 1.29 is 4.74 Å². The Kier molecular flexibility index (Phi) is 4.96. The Bertz CT molecular complexity index is 545. The zero-order chi connectivity index (χ0) is 13.7. The van der Waals surface area contributed by atoms with Gasteiger partial charge in [0.25, 0.3) is 0 Å². The van der Waals surface area contributed by atoms with Gasteiger partial charge in [-0.2, -0.15) is 0 Å². The standard InChI is InChI=1S/C15H17BrN2O/c1-2-19-14-9-4-3-8-13(14)15(18-17)11-6-5-7-12(16)10-11/h3-10,15,18H,2,17H2,1H3. The van der Waals surface area contributed by atoms with Gasteiger partial charge in [-0.05, 0) is 30.7 Å². The van der Waals surface area contributed by atoms with Crippen molar-refractivity contribution in [3.63, 3.8) is 0 Å². The third-order valence-electron chi connectivity index (χ3n) is 2.88. The van der Waals surface area contributed by atoms with E-state index in [-0.39, 0.29) is 6.04 Å². The lowest BCUT2D eigenvalue weighted by molar-refractivity contribution is 0.333. The Morgan fingerprint density at radius 3 is 2.68 bits per heavy atom. The van der Waals surface area contributed by atoms with E-state index in [1.54, 1.807) is 0 Å². The molecule has 1 unspecified atom stereocenters. The number of hydrogen-bond donors (Lipinski definition) is 2. The van der Waals surface area contributed by atoms with Gasteiger partial charge in [-0.1, -0.05) is 46.3 Å². The second-order valence-electron chi connectivity index (χ2n) is 4.13. The first-order valence-corrected chi connectivity index (χ1v) is 6.99. The van der Waals surface area contributed by atoms with Gasteiger partial charge in [-0.15, -0.1) is 0 Å². The second-order valence-corrected chi connectivity index (χ2v) is 5.04. The predicted molar refractivity (Wildman–Crippen MR) is 80.9 cm³/mol. The molecule has 0 heterocycles. The van der Waals surface area contributed by atoms with Crippen molar-refractivity contribution in [3.8, 4) is 5.75 Å². The molecule has 3 N–H and O–H groups in total. The van der Waals surface area contributed by atoms with Crippen LogP contribution in [0.25, 0.3) is 0 Å². The van der Waals surface area contributed by atoms with Crippen molar-refractivity contribution in [2.24, 2.45) is 5.84 Å². The molecule has 0 fully saturated rings. The van der Waals surface area contributed by atoms with E-state index in [0.29, 0.717) is 6.61 Å². The van der Waals surface area contributed by atoms with Crippen molar-refractivity contribution >= 4 is 15.9 Å². The number of hydrogen-bond acceptors (Lipinski definition) is 3. The van der Waals surface area contributed by atoms with Gasteiger partial charge in [0.15, 0.2) is 0 Å². The van der Waals surface area contributed by atoms with E-state index in [4.69, 9.17) is 10.6 Å². The molecule has 0 saturated carbocycles. The molecule has 19 heavy (non-hydrogen) atoms. The van der Waals surface area contributed by atoms with Crippen molar-refractivity contribution in [1.82, 2.24) is 5.43 Å². The largest absolute Gasteiger partial charge is 0.494 e. The van der Waals surface area contributed by atoms with Gasteiger partial charge in [0.1, 0.15) is 5.75 Å². The Labute approximate surface area is 121 Å². The highest BCUT2D eigenvalue weighted by Gasteiger charge is 2.16. The molecule has 0 aromatic heterocycles. The summed E-state index contributed by atoms with van der Waals surface area (Å²) in [5.74, 6) is 6.59. The molecule has 2 aromatic rings. The molecule has 100 valence electrons. The lowest BCUT2D eigenvalue weighted by atomic mass is 9.98. The van der Waals surface area contributed by atoms with Crippen LogP contribution in [0.5, 0.6) is 5.75 Å². The minimum absolute atomic E-state index is 0.0970. The molecule has 0 bridgehead atoms. The van der Waals surface area contributed by atoms with Crippen molar-refractivity contribution in [2.45, 2.75) is 13.0 Å². The highest BCUT2D eigenvalue weighted by Crippen LogP contribution is 2.30. The van der Waals surface area contributed by atoms with Gasteiger partial charge in [-0.3, -0.25) is 5.84 Å². The van der Waals surface area contributed by atoms with E-state index in [1.165, 1.54) is 0 Å². The molecule has 0 aliphatic rings. The summed E-state index contributed by atoms with van der Waals surface area (Å²) in [5, 5.41) is 0. The monoisotopic (exact) mass is 320 g/mol. The molecule has 0 aliphatic heterocycles. The highest BCUT2D eigenvalue weighted by molar-refractivity contribution is 9.10. The van der Waals surface area contributed by atoms with Gasteiger partial charge in [0, 0.05) is 10.0 Å². The first-order valence-electron chi connectivity index (χ1n) is 6.19. The maximum absolute atomic E-state index is 5.73. The van der Waals surface area contributed by atoms with E-state index in [9.17, 15) is 0 Å². The summed E-state index contributed by atoms with van der Waals surface area (Å²) in [6, 6.07) is 15.9. The number of hydrazine groups is 1. The molecule has 0 aliphatic carbocycles. The molecule has 1 atom stereocenters. The number of halogens is 1. The predicted octanol–water partition coefficient (Wildman–Crippen LogP) is 3.40. The fourth-order valence-electron chi connectivity index (χ4n) is 2.06. The molecule has 3 nitrogen and oxygen atoms in total. The highest BCUT2D eigenvalue weighted by atomic mass is 79.9. The molecular weight excluding hydrogens is 304 g/mol. The summed E-state index contributed by atoms with van der Waals surface area (Å²) in [6.07, 6.45) is 0. The maximum Gasteiger partial charge on any atom is 0.124 e. The lowest BCUT2D eigenvalue weighted by Crippen LogP contribution is -2.29. The van der Waals surface area contributed by atoms with Crippen LogP contribution in [0.1, 0.15) is 24.1 Å². The van der Waals surface area contributed by atoms with Gasteiger partial charge in [0.2, 0.25) is 0 Å². The molecular formula is C15H17BrN2O. The number of benzene rings is 2. The summed E-state index contributed by atoms with van der Waals surface area (Å²) in [4.78, 5) is 0. The lowest BCUT2D eigenvalue weighted by Gasteiger charge is -2.20. The number of rotatable bonds is 5. The molecule has 0 amide bonds. The van der Waals surface area contributed by atoms with Crippen molar-refractivity contribution in [1.29, 1.82) is 0 Å². The third kappa shape index (κ3) is 3.35. The van der Waals surface area contributed by atoms with Crippen LogP contribution < -0.4 is 16.0 Å². The minimum Gasteiger partial charge on any atom is -0.494 e. The third-order valence-corrected chi connectivity index (χ3v) is 3.37. The van der Waals surface area contributed by atoms with Crippen molar-refractivity contribution in [2.75, 3.05) is 6.61 Å². The first-order chi connectivity index (χ1) is 9.26. The first kappa shape index (κ1) is 14.1. The average Bonchev–Trinajstić information content (AvgIpc) is 2.42. The van der Waals surface area contributed by atoms with E-state index in [2.05, 4.69) is 21.4 Å². The molecule has 2 rings (SSSR count). The molecule has 4 heteroatoms. The maximum atomic E-state index is 5.73. The SMILES string of the molecule is CCOc1ccccc1C(NN)c1cccc(Br)c1. The van der Waals surface area contributed by atoms with Crippen LogP contribution in [0.15, 0.2) is 53.0 Å². The molecule has 0 radical (unpaired) electrons. The number of nitrogens with one attached hydrogen (secondary N) is 1. The summed E-state index contributed by atoms with van der Waals surface area (Å²) in [7, 11) is 0. The summed E-state index contributed by atoms with van der Waals surface area (Å²) >= 11 is 3.48. The Balaban J connectivity index is 2.42. The van der Waals surface area contributed by atoms with Crippen LogP contribution >= 0.6 is 15.9 Å². The number of ether oxygens (including phenoxy) is 1. The smallest absolute Gasteiger partial charge is 0.124 e. The van der Waals surface area contributed by atoms with E-state index in [0.717, 1.165) is 21.3 Å². The normalized spacial score (nSPS) is 12.2. The number of nitrogens with two attached hydrogens (primary N) is 1. The Hall–Kier alpha value is -1.36. The van der Waals surface area contributed by atoms with Gasteiger partial charge < -0.3 is 4.74 Å². The van der Waals surface area contributed by atoms with Crippen LogP contribution in [0.3, 0.4) is 0 Å². The van der Waals surface area contributed by atoms with Crippen LogP contribution in [0.2, 0.25) is 0 Å². The van der Waals surface area contributed by atoms with Crippen LogP contribution in [0.4, 0.5) is 0 Å². The molecule has 2 aromatic carbocycles. The minimum atomic E-state index is -0.0970. The summed E-state index contributed by atoms with van der Waals surface area (Å²) < 4.78 is 6.69. The van der Waals surface area contributed by atoms with Crippen LogP contribution in [0, 0.1) is 0 Å².